The first-order valence-electron chi connectivity index (χ1n) is 9.09. The van der Waals surface area contributed by atoms with Gasteiger partial charge in [-0.3, -0.25) is 0 Å². The summed E-state index contributed by atoms with van der Waals surface area (Å²) in [4.78, 5) is 0. The lowest BCUT2D eigenvalue weighted by atomic mass is 9.95. The molecule has 0 amide bonds. The molecule has 2 aromatic carbocycles. The predicted molar refractivity (Wildman–Crippen MR) is 107 cm³/mol. The highest BCUT2D eigenvalue weighted by Crippen LogP contribution is 2.27. The molecule has 0 aromatic heterocycles. The van der Waals surface area contributed by atoms with Gasteiger partial charge in [-0.2, -0.15) is 0 Å². The fourth-order valence-electron chi connectivity index (χ4n) is 3.08. The molecule has 1 N–H and O–H groups in total. The molecular formula is C23H34O2. The van der Waals surface area contributed by atoms with E-state index in [9.17, 15) is 5.11 Å². The molecule has 0 saturated carbocycles. The van der Waals surface area contributed by atoms with Crippen molar-refractivity contribution >= 4 is 0 Å². The Morgan fingerprint density at radius 2 is 1.64 bits per heavy atom. The van der Waals surface area contributed by atoms with Crippen LogP contribution in [0, 0.1) is 5.92 Å². The first kappa shape index (κ1) is 21.1. The number of aromatic hydroxyl groups is 1. The number of ether oxygens (including phenoxy) is 1. The van der Waals surface area contributed by atoms with Crippen molar-refractivity contribution in [2.24, 2.45) is 5.92 Å². The Labute approximate surface area is 153 Å². The third-order valence-electron chi connectivity index (χ3n) is 4.68. The minimum absolute atomic E-state index is 0. The average Bonchev–Trinajstić information content (AvgIpc) is 2.61. The van der Waals surface area contributed by atoms with Crippen molar-refractivity contribution in [1.29, 1.82) is 0 Å². The van der Waals surface area contributed by atoms with Crippen molar-refractivity contribution in [1.82, 2.24) is 0 Å². The minimum Gasteiger partial charge on any atom is -0.504 e. The maximum Gasteiger partial charge on any atom is 0.160 e. The van der Waals surface area contributed by atoms with Crippen LogP contribution in [-0.4, -0.2) is 12.2 Å². The molecule has 0 aliphatic rings. The lowest BCUT2D eigenvalue weighted by molar-refractivity contribution is 0.372. The third kappa shape index (κ3) is 7.64. The van der Waals surface area contributed by atoms with E-state index in [1.807, 2.05) is 12.1 Å². The summed E-state index contributed by atoms with van der Waals surface area (Å²) >= 11 is 0. The first-order valence-corrected chi connectivity index (χ1v) is 9.09. The number of hydrogen-bond donors (Lipinski definition) is 1. The van der Waals surface area contributed by atoms with Crippen LogP contribution in [0.1, 0.15) is 57.6 Å². The first-order chi connectivity index (χ1) is 11.7. The van der Waals surface area contributed by atoms with Crippen molar-refractivity contribution in [2.45, 2.75) is 59.3 Å². The minimum atomic E-state index is 0. The van der Waals surface area contributed by atoms with Crippen LogP contribution in [0.4, 0.5) is 0 Å². The molecule has 2 heteroatoms. The quantitative estimate of drug-likeness (QED) is 0.506. The van der Waals surface area contributed by atoms with Crippen LogP contribution in [-0.2, 0) is 12.8 Å². The fourth-order valence-corrected chi connectivity index (χ4v) is 3.08. The number of hydrogen-bond acceptors (Lipinski definition) is 2. The van der Waals surface area contributed by atoms with Crippen molar-refractivity contribution in [3.05, 3.63) is 59.7 Å². The van der Waals surface area contributed by atoms with E-state index in [4.69, 9.17) is 4.74 Å². The van der Waals surface area contributed by atoms with Gasteiger partial charge in [-0.25, -0.2) is 0 Å². The normalized spacial score (nSPS) is 11.6. The highest BCUT2D eigenvalue weighted by atomic mass is 16.5. The molecule has 0 fully saturated rings. The molecule has 1 atom stereocenters. The Morgan fingerprint density at radius 3 is 2.36 bits per heavy atom. The van der Waals surface area contributed by atoms with E-state index >= 15 is 0 Å². The second-order valence-electron chi connectivity index (χ2n) is 6.73. The van der Waals surface area contributed by atoms with Gasteiger partial charge in [0.2, 0.25) is 0 Å². The SMILES string of the molecule is C.COc1cc(CCC(C)CCCCCc2ccccc2)ccc1O. The van der Waals surface area contributed by atoms with Crippen LogP contribution >= 0.6 is 0 Å². The molecular weight excluding hydrogens is 308 g/mol. The Morgan fingerprint density at radius 1 is 0.880 bits per heavy atom. The van der Waals surface area contributed by atoms with Gasteiger partial charge < -0.3 is 9.84 Å². The van der Waals surface area contributed by atoms with Gasteiger partial charge >= 0.3 is 0 Å². The Kier molecular flexibility index (Phi) is 9.76. The number of phenols is 1. The second kappa shape index (κ2) is 11.6. The Balaban J connectivity index is 0.00000312. The molecule has 0 saturated heterocycles. The van der Waals surface area contributed by atoms with Crippen LogP contribution < -0.4 is 4.74 Å². The van der Waals surface area contributed by atoms with Crippen LogP contribution in [0.25, 0.3) is 0 Å². The summed E-state index contributed by atoms with van der Waals surface area (Å²) in [5.41, 5.74) is 2.69. The van der Waals surface area contributed by atoms with E-state index in [0.717, 1.165) is 12.3 Å². The van der Waals surface area contributed by atoms with Gasteiger partial charge in [-0.15, -0.1) is 0 Å². The van der Waals surface area contributed by atoms with Gasteiger partial charge in [0.1, 0.15) is 0 Å². The molecule has 2 rings (SSSR count). The summed E-state index contributed by atoms with van der Waals surface area (Å²) < 4.78 is 5.17. The number of aryl methyl sites for hydroxylation is 2. The largest absolute Gasteiger partial charge is 0.504 e. The molecule has 0 aliphatic carbocycles. The lowest BCUT2D eigenvalue weighted by Crippen LogP contribution is -1.98. The summed E-state index contributed by atoms with van der Waals surface area (Å²) in [6.07, 6.45) is 8.63. The molecule has 0 radical (unpaired) electrons. The van der Waals surface area contributed by atoms with E-state index < -0.39 is 0 Å². The molecule has 1 unspecified atom stereocenters. The smallest absolute Gasteiger partial charge is 0.160 e. The van der Waals surface area contributed by atoms with Gasteiger partial charge in [-0.05, 0) is 54.9 Å². The van der Waals surface area contributed by atoms with Crippen LogP contribution in [0.15, 0.2) is 48.5 Å². The summed E-state index contributed by atoms with van der Waals surface area (Å²) in [5, 5.41) is 9.64. The molecule has 25 heavy (non-hydrogen) atoms. The van der Waals surface area contributed by atoms with Crippen molar-refractivity contribution in [3.8, 4) is 11.5 Å². The zero-order valence-corrected chi connectivity index (χ0v) is 15.0. The number of rotatable bonds is 10. The van der Waals surface area contributed by atoms with Gasteiger partial charge in [0.15, 0.2) is 11.5 Å². The average molecular weight is 343 g/mol. The molecule has 0 heterocycles. The van der Waals surface area contributed by atoms with Gasteiger partial charge in [0.25, 0.3) is 0 Å². The molecule has 0 bridgehead atoms. The van der Waals surface area contributed by atoms with E-state index in [0.29, 0.717) is 5.75 Å². The Bertz CT molecular complexity index is 592. The van der Waals surface area contributed by atoms with E-state index in [1.165, 1.54) is 49.7 Å². The van der Waals surface area contributed by atoms with Crippen LogP contribution in [0.5, 0.6) is 11.5 Å². The van der Waals surface area contributed by atoms with Gasteiger partial charge in [-0.1, -0.05) is 70.0 Å². The highest BCUT2D eigenvalue weighted by Gasteiger charge is 2.06. The molecule has 2 nitrogen and oxygen atoms in total. The van der Waals surface area contributed by atoms with E-state index in [-0.39, 0.29) is 13.2 Å². The third-order valence-corrected chi connectivity index (χ3v) is 4.68. The van der Waals surface area contributed by atoms with E-state index in [2.05, 4.69) is 37.3 Å². The zero-order valence-electron chi connectivity index (χ0n) is 15.0. The van der Waals surface area contributed by atoms with Crippen molar-refractivity contribution in [2.75, 3.05) is 7.11 Å². The lowest BCUT2D eigenvalue weighted by Gasteiger charge is -2.12. The predicted octanol–water partition coefficient (Wildman–Crippen LogP) is 6.41. The zero-order chi connectivity index (χ0) is 17.2. The number of methoxy groups -OCH3 is 1. The van der Waals surface area contributed by atoms with Gasteiger partial charge in [0, 0.05) is 0 Å². The standard InChI is InChI=1S/C22H30O2.CH4/c1-18(9-5-3-6-10-19-11-7-4-8-12-19)13-14-20-15-16-21(23)22(17-20)24-2;/h4,7-8,11-12,15-18,23H,3,5-6,9-10,13-14H2,1-2H3;1H4. The summed E-state index contributed by atoms with van der Waals surface area (Å²) in [5.74, 6) is 1.52. The molecule has 0 spiro atoms. The van der Waals surface area contributed by atoms with Crippen molar-refractivity contribution in [3.63, 3.8) is 0 Å². The summed E-state index contributed by atoms with van der Waals surface area (Å²) in [7, 11) is 1.59. The fraction of sp³-hybridized carbons (Fsp3) is 0.478. The van der Waals surface area contributed by atoms with Crippen molar-refractivity contribution < 1.29 is 9.84 Å². The maximum absolute atomic E-state index is 9.64. The van der Waals surface area contributed by atoms with Gasteiger partial charge in [0.05, 0.1) is 7.11 Å². The summed E-state index contributed by atoms with van der Waals surface area (Å²) in [6.45, 7) is 2.34. The molecule has 138 valence electrons. The Hall–Kier alpha value is -1.96. The maximum atomic E-state index is 9.64. The molecule has 0 aliphatic heterocycles. The number of phenolic OH excluding ortho intramolecular Hbond substituents is 1. The number of unbranched alkanes of at least 4 members (excludes halogenated alkanes) is 2. The topological polar surface area (TPSA) is 29.5 Å². The summed E-state index contributed by atoms with van der Waals surface area (Å²) in [6, 6.07) is 16.4. The van der Waals surface area contributed by atoms with E-state index in [1.54, 1.807) is 13.2 Å². The highest BCUT2D eigenvalue weighted by molar-refractivity contribution is 5.41. The van der Waals surface area contributed by atoms with Crippen LogP contribution in [0.3, 0.4) is 0 Å². The number of benzene rings is 2. The molecule has 2 aromatic rings. The second-order valence-corrected chi connectivity index (χ2v) is 6.73. The van der Waals surface area contributed by atoms with Crippen LogP contribution in [0.2, 0.25) is 0 Å². The monoisotopic (exact) mass is 342 g/mol.